The number of methoxy groups -OCH3 is 1. The number of hydrogen-bond acceptors (Lipinski definition) is 6. The van der Waals surface area contributed by atoms with Gasteiger partial charge in [0.25, 0.3) is 0 Å². The zero-order chi connectivity index (χ0) is 21.2. The fraction of sp³-hybridized carbons (Fsp3) is 0.571. The third kappa shape index (κ3) is 7.83. The van der Waals surface area contributed by atoms with Gasteiger partial charge < -0.3 is 26.0 Å². The minimum atomic E-state index is -0.834. The second-order valence-electron chi connectivity index (χ2n) is 7.47. The summed E-state index contributed by atoms with van der Waals surface area (Å²) in [5, 5.41) is 5.51. The lowest BCUT2D eigenvalue weighted by Gasteiger charge is -2.15. The molecule has 1 aromatic rings. The summed E-state index contributed by atoms with van der Waals surface area (Å²) in [6.45, 7) is 2.10. The highest BCUT2D eigenvalue weighted by atomic mass is 16.5. The van der Waals surface area contributed by atoms with Gasteiger partial charge in [0.05, 0.1) is 7.11 Å². The van der Waals surface area contributed by atoms with E-state index in [0.717, 1.165) is 31.6 Å². The van der Waals surface area contributed by atoms with Crippen molar-refractivity contribution in [1.29, 1.82) is 0 Å². The van der Waals surface area contributed by atoms with Crippen molar-refractivity contribution < 1.29 is 19.1 Å². The van der Waals surface area contributed by atoms with Crippen LogP contribution in [0.2, 0.25) is 0 Å². The molecule has 0 fully saturated rings. The second kappa shape index (κ2) is 11.5. The van der Waals surface area contributed by atoms with Crippen molar-refractivity contribution in [2.75, 3.05) is 39.1 Å². The number of likely N-dealkylation sites (N-methyl/N-ethyl adjacent to an activating group) is 1. The summed E-state index contributed by atoms with van der Waals surface area (Å²) in [5.41, 5.74) is 9.20. The van der Waals surface area contributed by atoms with Crippen molar-refractivity contribution in [3.8, 4) is 0 Å². The Morgan fingerprint density at radius 1 is 1.14 bits per heavy atom. The van der Waals surface area contributed by atoms with Gasteiger partial charge >= 0.3 is 5.97 Å². The van der Waals surface area contributed by atoms with E-state index in [1.165, 1.54) is 18.2 Å². The van der Waals surface area contributed by atoms with Crippen molar-refractivity contribution >= 4 is 23.5 Å². The van der Waals surface area contributed by atoms with E-state index >= 15 is 0 Å². The van der Waals surface area contributed by atoms with Gasteiger partial charge in [-0.05, 0) is 56.0 Å². The molecule has 1 atom stereocenters. The summed E-state index contributed by atoms with van der Waals surface area (Å²) in [4.78, 5) is 37.5. The molecule has 0 saturated heterocycles. The number of hydrogen-bond donors (Lipinski definition) is 3. The summed E-state index contributed by atoms with van der Waals surface area (Å²) in [6.07, 6.45) is 3.69. The molecule has 0 unspecified atom stereocenters. The van der Waals surface area contributed by atoms with Crippen LogP contribution in [0.15, 0.2) is 18.2 Å². The van der Waals surface area contributed by atoms with Crippen LogP contribution in [-0.4, -0.2) is 62.5 Å². The average Bonchev–Trinajstić information content (AvgIpc) is 2.90. The first-order valence-electron chi connectivity index (χ1n) is 10.1. The molecular weight excluding hydrogens is 372 g/mol. The normalized spacial score (nSPS) is 15.0. The maximum absolute atomic E-state index is 12.3. The van der Waals surface area contributed by atoms with E-state index in [9.17, 15) is 14.4 Å². The second-order valence-corrected chi connectivity index (χ2v) is 7.47. The highest BCUT2D eigenvalue weighted by Gasteiger charge is 2.16. The van der Waals surface area contributed by atoms with Gasteiger partial charge in [0.1, 0.15) is 6.04 Å². The Balaban J connectivity index is 1.73. The standard InChI is InChI=1S/C21H32N4O4/c1-25-11-9-15-7-8-17(13-16(15)10-12-25)24-21(28)18(22)14-23-19(26)5-3-4-6-20(27)29-2/h7-8,13,18H,3-6,9-12,14,22H2,1-2H3,(H,23,26)(H,24,28)/t18-/m1/s1. The van der Waals surface area contributed by atoms with E-state index in [-0.39, 0.29) is 30.7 Å². The topological polar surface area (TPSA) is 114 Å². The first-order valence-corrected chi connectivity index (χ1v) is 10.1. The van der Waals surface area contributed by atoms with Crippen LogP contribution >= 0.6 is 0 Å². The molecule has 29 heavy (non-hydrogen) atoms. The number of fused-ring (bicyclic) bond motifs is 1. The van der Waals surface area contributed by atoms with Gasteiger partial charge in [-0.15, -0.1) is 0 Å². The molecule has 0 radical (unpaired) electrons. The fourth-order valence-electron chi connectivity index (χ4n) is 3.21. The van der Waals surface area contributed by atoms with Gasteiger partial charge in [0.15, 0.2) is 0 Å². The number of esters is 1. The number of anilines is 1. The molecule has 0 aliphatic carbocycles. The summed E-state index contributed by atoms with van der Waals surface area (Å²) >= 11 is 0. The highest BCUT2D eigenvalue weighted by Crippen LogP contribution is 2.20. The number of rotatable bonds is 9. The van der Waals surface area contributed by atoms with E-state index in [1.807, 2.05) is 12.1 Å². The zero-order valence-corrected chi connectivity index (χ0v) is 17.3. The number of nitrogens with zero attached hydrogens (tertiary/aromatic N) is 1. The van der Waals surface area contributed by atoms with E-state index in [0.29, 0.717) is 19.3 Å². The summed E-state index contributed by atoms with van der Waals surface area (Å²) < 4.78 is 4.55. The van der Waals surface area contributed by atoms with E-state index in [2.05, 4.69) is 33.4 Å². The Hall–Kier alpha value is -2.45. The Morgan fingerprint density at radius 3 is 2.55 bits per heavy atom. The third-order valence-corrected chi connectivity index (χ3v) is 5.12. The zero-order valence-electron chi connectivity index (χ0n) is 17.3. The highest BCUT2D eigenvalue weighted by molar-refractivity contribution is 5.95. The molecule has 1 aromatic carbocycles. The van der Waals surface area contributed by atoms with Gasteiger partial charge in [0, 0.05) is 38.2 Å². The minimum absolute atomic E-state index is 0.0669. The number of unbranched alkanes of at least 4 members (excludes halogenated alkanes) is 1. The molecule has 0 bridgehead atoms. The van der Waals surface area contributed by atoms with Gasteiger partial charge in [-0.1, -0.05) is 6.07 Å². The fourth-order valence-corrected chi connectivity index (χ4v) is 3.21. The van der Waals surface area contributed by atoms with E-state index in [4.69, 9.17) is 5.73 Å². The molecule has 0 saturated carbocycles. The number of amides is 2. The van der Waals surface area contributed by atoms with Crippen LogP contribution in [0.1, 0.15) is 36.8 Å². The Labute approximate surface area is 172 Å². The van der Waals surface area contributed by atoms with Crippen LogP contribution in [0, 0.1) is 0 Å². The summed E-state index contributed by atoms with van der Waals surface area (Å²) in [7, 11) is 3.45. The number of ether oxygens (including phenoxy) is 1. The largest absolute Gasteiger partial charge is 0.469 e. The molecule has 0 spiro atoms. The van der Waals surface area contributed by atoms with Crippen LogP contribution in [0.3, 0.4) is 0 Å². The first kappa shape index (κ1) is 22.8. The number of carbonyl (C=O) groups excluding carboxylic acids is 3. The molecule has 2 amide bonds. The van der Waals surface area contributed by atoms with Crippen LogP contribution in [0.25, 0.3) is 0 Å². The quantitative estimate of drug-likeness (QED) is 0.415. The lowest BCUT2D eigenvalue weighted by atomic mass is 10.0. The van der Waals surface area contributed by atoms with Crippen LogP contribution in [0.5, 0.6) is 0 Å². The maximum Gasteiger partial charge on any atom is 0.305 e. The number of carbonyl (C=O) groups is 3. The SMILES string of the molecule is COC(=O)CCCCC(=O)NC[C@@H](N)C(=O)Nc1ccc2c(c1)CCN(C)CC2. The number of nitrogens with one attached hydrogen (secondary N) is 2. The first-order chi connectivity index (χ1) is 13.9. The Morgan fingerprint density at radius 2 is 1.83 bits per heavy atom. The third-order valence-electron chi connectivity index (χ3n) is 5.12. The smallest absolute Gasteiger partial charge is 0.305 e. The number of nitrogens with two attached hydrogens (primary N) is 1. The van der Waals surface area contributed by atoms with E-state index < -0.39 is 6.04 Å². The predicted molar refractivity (Wildman–Crippen MR) is 111 cm³/mol. The van der Waals surface area contributed by atoms with Gasteiger partial charge in [0.2, 0.25) is 11.8 Å². The van der Waals surface area contributed by atoms with Crippen molar-refractivity contribution in [3.05, 3.63) is 29.3 Å². The molecule has 8 heteroatoms. The molecule has 1 aliphatic heterocycles. The molecule has 4 N–H and O–H groups in total. The molecule has 1 heterocycles. The Kier molecular flexibility index (Phi) is 9.08. The average molecular weight is 405 g/mol. The van der Waals surface area contributed by atoms with Crippen molar-refractivity contribution in [2.45, 2.75) is 44.6 Å². The van der Waals surface area contributed by atoms with Crippen molar-refractivity contribution in [2.24, 2.45) is 5.73 Å². The molecule has 160 valence electrons. The van der Waals surface area contributed by atoms with Crippen molar-refractivity contribution in [3.63, 3.8) is 0 Å². The molecular formula is C21H32N4O4. The molecule has 0 aromatic heterocycles. The molecule has 2 rings (SSSR count). The van der Waals surface area contributed by atoms with Crippen LogP contribution in [-0.2, 0) is 32.0 Å². The predicted octanol–water partition coefficient (Wildman–Crippen LogP) is 0.832. The Bertz CT molecular complexity index is 723. The minimum Gasteiger partial charge on any atom is -0.469 e. The van der Waals surface area contributed by atoms with Crippen LogP contribution < -0.4 is 16.4 Å². The van der Waals surface area contributed by atoms with E-state index in [1.54, 1.807) is 0 Å². The van der Waals surface area contributed by atoms with Gasteiger partial charge in [-0.3, -0.25) is 14.4 Å². The van der Waals surface area contributed by atoms with Crippen LogP contribution in [0.4, 0.5) is 5.69 Å². The maximum atomic E-state index is 12.3. The molecule has 1 aliphatic rings. The summed E-state index contributed by atoms with van der Waals surface area (Å²) in [5.74, 6) is -0.803. The van der Waals surface area contributed by atoms with Gasteiger partial charge in [-0.2, -0.15) is 0 Å². The monoisotopic (exact) mass is 404 g/mol. The molecule has 8 nitrogen and oxygen atoms in total. The lowest BCUT2D eigenvalue weighted by molar-refractivity contribution is -0.140. The lowest BCUT2D eigenvalue weighted by Crippen LogP contribution is -2.45. The number of benzene rings is 1. The van der Waals surface area contributed by atoms with Gasteiger partial charge in [-0.25, -0.2) is 0 Å². The van der Waals surface area contributed by atoms with Crippen molar-refractivity contribution in [1.82, 2.24) is 10.2 Å². The summed E-state index contributed by atoms with van der Waals surface area (Å²) in [6, 6.07) is 5.14.